The molecule has 1 aromatic rings. The number of carbonyl (C=O) groups is 2. The van der Waals surface area contributed by atoms with Crippen molar-refractivity contribution in [3.63, 3.8) is 0 Å². The standard InChI is InChI=1S/C12H10ClN3O5/c13-8-1-3-10(16(20)21)7(5-8)6-15-11(17)4-2-9(14-15)12(18)19/h1,3,5H,2,4,6H2,(H,18,19). The van der Waals surface area contributed by atoms with Gasteiger partial charge in [0.25, 0.3) is 5.69 Å². The molecule has 0 saturated carbocycles. The number of hydrazone groups is 1. The summed E-state index contributed by atoms with van der Waals surface area (Å²) in [5, 5.41) is 24.8. The first-order valence-corrected chi connectivity index (χ1v) is 6.30. The minimum Gasteiger partial charge on any atom is -0.477 e. The van der Waals surface area contributed by atoms with Crippen LogP contribution in [0.1, 0.15) is 18.4 Å². The van der Waals surface area contributed by atoms with Crippen molar-refractivity contribution in [1.82, 2.24) is 5.01 Å². The van der Waals surface area contributed by atoms with E-state index in [4.69, 9.17) is 16.7 Å². The number of hydrogen-bond acceptors (Lipinski definition) is 5. The van der Waals surface area contributed by atoms with Crippen molar-refractivity contribution in [2.45, 2.75) is 19.4 Å². The Bertz CT molecular complexity index is 658. The van der Waals surface area contributed by atoms with Crippen LogP contribution in [0.2, 0.25) is 5.02 Å². The van der Waals surface area contributed by atoms with E-state index < -0.39 is 16.8 Å². The Morgan fingerprint density at radius 2 is 2.19 bits per heavy atom. The van der Waals surface area contributed by atoms with E-state index in [1.54, 1.807) is 0 Å². The van der Waals surface area contributed by atoms with Gasteiger partial charge in [0.2, 0.25) is 5.91 Å². The van der Waals surface area contributed by atoms with Crippen LogP contribution >= 0.6 is 11.6 Å². The van der Waals surface area contributed by atoms with Crippen molar-refractivity contribution >= 4 is 34.9 Å². The highest BCUT2D eigenvalue weighted by Crippen LogP contribution is 2.25. The molecule has 8 nitrogen and oxygen atoms in total. The van der Waals surface area contributed by atoms with Crippen LogP contribution in [0, 0.1) is 10.1 Å². The molecule has 1 aliphatic rings. The van der Waals surface area contributed by atoms with E-state index in [2.05, 4.69) is 5.10 Å². The Morgan fingerprint density at radius 3 is 2.81 bits per heavy atom. The van der Waals surface area contributed by atoms with Crippen LogP contribution in [0.4, 0.5) is 5.69 Å². The van der Waals surface area contributed by atoms with Crippen molar-refractivity contribution in [1.29, 1.82) is 0 Å². The lowest BCUT2D eigenvalue weighted by molar-refractivity contribution is -0.385. The fourth-order valence-corrected chi connectivity index (χ4v) is 2.09. The lowest BCUT2D eigenvalue weighted by Crippen LogP contribution is -2.34. The van der Waals surface area contributed by atoms with Crippen LogP contribution in [0.15, 0.2) is 23.3 Å². The second-order valence-corrected chi connectivity index (χ2v) is 4.77. The summed E-state index contributed by atoms with van der Waals surface area (Å²) in [7, 11) is 0. The smallest absolute Gasteiger partial charge is 0.352 e. The molecule has 21 heavy (non-hydrogen) atoms. The fraction of sp³-hybridized carbons (Fsp3) is 0.250. The first-order chi connectivity index (χ1) is 9.88. The summed E-state index contributed by atoms with van der Waals surface area (Å²) >= 11 is 5.80. The number of nitro benzene ring substituents is 1. The highest BCUT2D eigenvalue weighted by Gasteiger charge is 2.26. The van der Waals surface area contributed by atoms with Crippen LogP contribution in [0.3, 0.4) is 0 Å². The van der Waals surface area contributed by atoms with E-state index in [-0.39, 0.29) is 41.4 Å². The molecule has 0 aliphatic carbocycles. The maximum Gasteiger partial charge on any atom is 0.352 e. The summed E-state index contributed by atoms with van der Waals surface area (Å²) in [6.07, 6.45) is 0.0435. The fourth-order valence-electron chi connectivity index (χ4n) is 1.90. The number of halogens is 1. The number of carbonyl (C=O) groups excluding carboxylic acids is 1. The van der Waals surface area contributed by atoms with Gasteiger partial charge in [0.1, 0.15) is 5.71 Å². The van der Waals surface area contributed by atoms with E-state index >= 15 is 0 Å². The molecule has 110 valence electrons. The zero-order valence-electron chi connectivity index (χ0n) is 10.7. The quantitative estimate of drug-likeness (QED) is 0.673. The molecule has 0 radical (unpaired) electrons. The minimum absolute atomic E-state index is 0.000499. The normalized spacial score (nSPS) is 14.8. The van der Waals surface area contributed by atoms with Gasteiger partial charge in [-0.25, -0.2) is 9.80 Å². The van der Waals surface area contributed by atoms with Crippen molar-refractivity contribution in [3.8, 4) is 0 Å². The molecule has 0 saturated heterocycles. The number of benzene rings is 1. The molecule has 0 spiro atoms. The predicted molar refractivity (Wildman–Crippen MR) is 73.0 cm³/mol. The van der Waals surface area contributed by atoms with Gasteiger partial charge in [0.15, 0.2) is 0 Å². The van der Waals surface area contributed by atoms with Crippen molar-refractivity contribution in [2.75, 3.05) is 0 Å². The molecule has 0 atom stereocenters. The van der Waals surface area contributed by atoms with Crippen LogP contribution in [-0.2, 0) is 16.1 Å². The average molecular weight is 312 g/mol. The zero-order chi connectivity index (χ0) is 15.6. The Labute approximate surface area is 123 Å². The molecule has 1 N–H and O–H groups in total. The van der Waals surface area contributed by atoms with Crippen molar-refractivity contribution in [2.24, 2.45) is 5.10 Å². The maximum absolute atomic E-state index is 11.8. The molecular weight excluding hydrogens is 302 g/mol. The number of aliphatic carboxylic acids is 1. The number of nitrogens with zero attached hydrogens (tertiary/aromatic N) is 3. The van der Waals surface area contributed by atoms with E-state index in [9.17, 15) is 19.7 Å². The van der Waals surface area contributed by atoms with Crippen LogP contribution < -0.4 is 0 Å². The monoisotopic (exact) mass is 311 g/mol. The lowest BCUT2D eigenvalue weighted by Gasteiger charge is -2.22. The summed E-state index contributed by atoms with van der Waals surface area (Å²) in [6, 6.07) is 3.96. The number of carboxylic acid groups (broad SMARTS) is 1. The molecule has 1 aromatic carbocycles. The first kappa shape index (κ1) is 14.9. The molecule has 1 aliphatic heterocycles. The summed E-state index contributed by atoms with van der Waals surface area (Å²) in [4.78, 5) is 33.0. The highest BCUT2D eigenvalue weighted by molar-refractivity contribution is 6.36. The minimum atomic E-state index is -1.21. The van der Waals surface area contributed by atoms with Crippen LogP contribution in [0.25, 0.3) is 0 Å². The summed E-state index contributed by atoms with van der Waals surface area (Å²) < 4.78 is 0. The number of nitro groups is 1. The number of carboxylic acids is 1. The van der Waals surface area contributed by atoms with Crippen LogP contribution in [0.5, 0.6) is 0 Å². The Kier molecular flexibility index (Phi) is 4.18. The molecule has 1 amide bonds. The van der Waals surface area contributed by atoms with Gasteiger partial charge >= 0.3 is 5.97 Å². The summed E-state index contributed by atoms with van der Waals surface area (Å²) in [5.74, 6) is -1.61. The number of rotatable bonds is 4. The van der Waals surface area contributed by atoms with E-state index in [0.717, 1.165) is 5.01 Å². The van der Waals surface area contributed by atoms with Crippen molar-refractivity contribution < 1.29 is 19.6 Å². The van der Waals surface area contributed by atoms with E-state index in [1.165, 1.54) is 18.2 Å². The molecule has 0 unspecified atom stereocenters. The molecular formula is C12H10ClN3O5. The van der Waals surface area contributed by atoms with E-state index in [0.29, 0.717) is 0 Å². The number of hydrogen-bond donors (Lipinski definition) is 1. The predicted octanol–water partition coefficient (Wildman–Crippen LogP) is 1.81. The van der Waals surface area contributed by atoms with Gasteiger partial charge in [-0.05, 0) is 12.1 Å². The zero-order valence-corrected chi connectivity index (χ0v) is 11.4. The first-order valence-electron chi connectivity index (χ1n) is 5.92. The van der Waals surface area contributed by atoms with Crippen molar-refractivity contribution in [3.05, 3.63) is 38.9 Å². The lowest BCUT2D eigenvalue weighted by atomic mass is 10.1. The van der Waals surface area contributed by atoms with Gasteiger partial charge in [-0.3, -0.25) is 14.9 Å². The molecule has 0 bridgehead atoms. The van der Waals surface area contributed by atoms with Crippen LogP contribution in [-0.4, -0.2) is 32.6 Å². The molecule has 1 heterocycles. The highest BCUT2D eigenvalue weighted by atomic mass is 35.5. The Morgan fingerprint density at radius 1 is 1.48 bits per heavy atom. The molecule has 2 rings (SSSR count). The molecule has 0 fully saturated rings. The Balaban J connectivity index is 2.34. The molecule has 0 aromatic heterocycles. The molecule has 9 heteroatoms. The largest absolute Gasteiger partial charge is 0.477 e. The second kappa shape index (κ2) is 5.88. The number of amides is 1. The maximum atomic E-state index is 11.8. The third-order valence-electron chi connectivity index (χ3n) is 2.91. The summed E-state index contributed by atoms with van der Waals surface area (Å²) in [6.45, 7) is -0.202. The van der Waals surface area contributed by atoms with Gasteiger partial charge in [0, 0.05) is 23.9 Å². The third-order valence-corrected chi connectivity index (χ3v) is 3.15. The van der Waals surface area contributed by atoms with Gasteiger partial charge < -0.3 is 5.11 Å². The topological polar surface area (TPSA) is 113 Å². The van der Waals surface area contributed by atoms with Gasteiger partial charge in [-0.1, -0.05) is 11.6 Å². The van der Waals surface area contributed by atoms with Gasteiger partial charge in [-0.2, -0.15) is 5.10 Å². The second-order valence-electron chi connectivity index (χ2n) is 4.33. The van der Waals surface area contributed by atoms with Gasteiger partial charge in [0.05, 0.1) is 17.0 Å². The average Bonchev–Trinajstić information content (AvgIpc) is 2.40. The SMILES string of the molecule is O=C(O)C1=NN(Cc2cc(Cl)ccc2[N+](=O)[O-])C(=O)CC1. The third kappa shape index (κ3) is 3.34. The summed E-state index contributed by atoms with van der Waals surface area (Å²) in [5.41, 5.74) is -0.166. The van der Waals surface area contributed by atoms with Gasteiger partial charge in [-0.15, -0.1) is 0 Å². The Hall–Kier alpha value is -2.48. The van der Waals surface area contributed by atoms with E-state index in [1.807, 2.05) is 0 Å².